The maximum absolute atomic E-state index is 9.82. The predicted molar refractivity (Wildman–Crippen MR) is 64.2 cm³/mol. The van der Waals surface area contributed by atoms with Crippen molar-refractivity contribution < 1.29 is 10.2 Å². The fourth-order valence-electron chi connectivity index (χ4n) is 3.30. The lowest BCUT2D eigenvalue weighted by molar-refractivity contribution is 0.0783. The highest BCUT2D eigenvalue weighted by atomic mass is 16.3. The Hall–Kier alpha value is -0.120. The monoisotopic (exact) mass is 227 g/mol. The molecule has 1 heterocycles. The number of rotatable bonds is 4. The molecule has 0 aromatic rings. The molecule has 0 aromatic carbocycles. The maximum Gasteiger partial charge on any atom is 0.0580 e. The molecule has 16 heavy (non-hydrogen) atoms. The Kier molecular flexibility index (Phi) is 4.62. The molecule has 3 atom stereocenters. The van der Waals surface area contributed by atoms with E-state index in [9.17, 15) is 5.11 Å². The van der Waals surface area contributed by atoms with Gasteiger partial charge in [0.1, 0.15) is 0 Å². The number of aliphatic hydroxyl groups is 2. The predicted octanol–water partition coefficient (Wildman–Crippen LogP) is 1.24. The fraction of sp³-hybridized carbons (Fsp3) is 1.00. The van der Waals surface area contributed by atoms with Crippen molar-refractivity contribution in [3.63, 3.8) is 0 Å². The number of aliphatic hydroxyl groups excluding tert-OH is 2. The molecule has 3 unspecified atom stereocenters. The van der Waals surface area contributed by atoms with E-state index in [1.165, 1.54) is 32.2 Å². The van der Waals surface area contributed by atoms with E-state index in [0.29, 0.717) is 18.4 Å². The maximum atomic E-state index is 9.82. The molecule has 3 heteroatoms. The van der Waals surface area contributed by atoms with Crippen LogP contribution in [0.2, 0.25) is 0 Å². The van der Waals surface area contributed by atoms with Gasteiger partial charge in [-0.3, -0.25) is 0 Å². The summed E-state index contributed by atoms with van der Waals surface area (Å²) >= 11 is 0. The van der Waals surface area contributed by atoms with E-state index in [4.69, 9.17) is 5.11 Å². The average Bonchev–Trinajstić information content (AvgIpc) is 2.66. The molecule has 2 rings (SSSR count). The van der Waals surface area contributed by atoms with Crippen LogP contribution >= 0.6 is 0 Å². The summed E-state index contributed by atoms with van der Waals surface area (Å²) in [5.74, 6) is 1.19. The zero-order valence-corrected chi connectivity index (χ0v) is 10.1. The molecule has 2 N–H and O–H groups in total. The van der Waals surface area contributed by atoms with Crippen molar-refractivity contribution in [1.29, 1.82) is 0 Å². The van der Waals surface area contributed by atoms with Crippen molar-refractivity contribution in [2.24, 2.45) is 11.8 Å². The molecule has 3 nitrogen and oxygen atoms in total. The van der Waals surface area contributed by atoms with Crippen LogP contribution in [0.4, 0.5) is 0 Å². The van der Waals surface area contributed by atoms with E-state index >= 15 is 0 Å². The fourth-order valence-corrected chi connectivity index (χ4v) is 3.30. The molecule has 1 saturated heterocycles. The van der Waals surface area contributed by atoms with Crippen LogP contribution in [0.5, 0.6) is 0 Å². The summed E-state index contributed by atoms with van der Waals surface area (Å²) in [5.41, 5.74) is 0. The minimum absolute atomic E-state index is 0.0572. The van der Waals surface area contributed by atoms with Crippen molar-refractivity contribution in [2.75, 3.05) is 26.2 Å². The smallest absolute Gasteiger partial charge is 0.0580 e. The lowest BCUT2D eigenvalue weighted by Crippen LogP contribution is -2.40. The molecule has 2 aliphatic rings. The highest BCUT2D eigenvalue weighted by molar-refractivity contribution is 4.82. The minimum atomic E-state index is -0.0572. The molecule has 0 spiro atoms. The van der Waals surface area contributed by atoms with Crippen molar-refractivity contribution >= 4 is 0 Å². The van der Waals surface area contributed by atoms with Gasteiger partial charge in [-0.15, -0.1) is 0 Å². The average molecular weight is 227 g/mol. The molecule has 0 radical (unpaired) electrons. The van der Waals surface area contributed by atoms with E-state index in [1.807, 2.05) is 0 Å². The van der Waals surface area contributed by atoms with Gasteiger partial charge < -0.3 is 15.1 Å². The van der Waals surface area contributed by atoms with E-state index in [2.05, 4.69) is 4.90 Å². The topological polar surface area (TPSA) is 43.7 Å². The van der Waals surface area contributed by atoms with Crippen LogP contribution in [0.3, 0.4) is 0 Å². The standard InChI is InChI=1S/C13H25NO2/c15-8-6-11-3-2-7-14(9-11)10-12-4-1-5-13(12)16/h11-13,15-16H,1-10H2. The quantitative estimate of drug-likeness (QED) is 0.759. The zero-order valence-electron chi connectivity index (χ0n) is 10.1. The number of piperidine rings is 1. The number of likely N-dealkylation sites (tertiary alicyclic amines) is 1. The SMILES string of the molecule is OCCC1CCCN(CC2CCCC2O)C1. The number of nitrogens with zero attached hydrogens (tertiary/aromatic N) is 1. The van der Waals surface area contributed by atoms with Gasteiger partial charge in [0.2, 0.25) is 0 Å². The molecule has 1 aliphatic heterocycles. The largest absolute Gasteiger partial charge is 0.396 e. The number of hydrogen-bond donors (Lipinski definition) is 2. The molecule has 0 aromatic heterocycles. The Morgan fingerprint density at radius 2 is 2.00 bits per heavy atom. The van der Waals surface area contributed by atoms with Gasteiger partial charge in [0.15, 0.2) is 0 Å². The second kappa shape index (κ2) is 5.99. The Labute approximate surface area is 98.5 Å². The second-order valence-corrected chi connectivity index (χ2v) is 5.54. The first-order valence-corrected chi connectivity index (χ1v) is 6.81. The van der Waals surface area contributed by atoms with Crippen molar-refractivity contribution in [2.45, 2.75) is 44.6 Å². The molecule has 1 aliphatic carbocycles. The molecule has 0 amide bonds. The first-order valence-electron chi connectivity index (χ1n) is 6.81. The first kappa shape index (κ1) is 12.3. The van der Waals surface area contributed by atoms with Crippen LogP contribution in [-0.2, 0) is 0 Å². The van der Waals surface area contributed by atoms with Gasteiger partial charge >= 0.3 is 0 Å². The minimum Gasteiger partial charge on any atom is -0.396 e. The molecular weight excluding hydrogens is 202 g/mol. The zero-order chi connectivity index (χ0) is 11.4. The van der Waals surface area contributed by atoms with E-state index in [-0.39, 0.29) is 6.10 Å². The van der Waals surface area contributed by atoms with Gasteiger partial charge in [0.05, 0.1) is 6.10 Å². The van der Waals surface area contributed by atoms with Gasteiger partial charge in [0.25, 0.3) is 0 Å². The van der Waals surface area contributed by atoms with Crippen LogP contribution in [0, 0.1) is 11.8 Å². The van der Waals surface area contributed by atoms with Gasteiger partial charge in [-0.1, -0.05) is 6.42 Å². The van der Waals surface area contributed by atoms with Crippen LogP contribution < -0.4 is 0 Å². The summed E-state index contributed by atoms with van der Waals surface area (Å²) < 4.78 is 0. The van der Waals surface area contributed by atoms with E-state index in [1.54, 1.807) is 0 Å². The summed E-state index contributed by atoms with van der Waals surface area (Å²) in [7, 11) is 0. The van der Waals surface area contributed by atoms with Crippen molar-refractivity contribution in [3.05, 3.63) is 0 Å². The second-order valence-electron chi connectivity index (χ2n) is 5.54. The Morgan fingerprint density at radius 3 is 2.69 bits per heavy atom. The lowest BCUT2D eigenvalue weighted by atomic mass is 9.94. The molecule has 94 valence electrons. The third kappa shape index (κ3) is 3.19. The first-order chi connectivity index (χ1) is 7.79. The Morgan fingerprint density at radius 1 is 1.12 bits per heavy atom. The summed E-state index contributed by atoms with van der Waals surface area (Å²) in [4.78, 5) is 2.50. The van der Waals surface area contributed by atoms with Gasteiger partial charge in [0, 0.05) is 19.7 Å². The van der Waals surface area contributed by atoms with Crippen LogP contribution in [0.25, 0.3) is 0 Å². The van der Waals surface area contributed by atoms with Crippen LogP contribution in [0.1, 0.15) is 38.5 Å². The highest BCUT2D eigenvalue weighted by Crippen LogP contribution is 2.28. The normalized spacial score (nSPS) is 36.8. The number of hydrogen-bond acceptors (Lipinski definition) is 3. The summed E-state index contributed by atoms with van der Waals surface area (Å²) in [6.07, 6.45) is 6.81. The summed E-state index contributed by atoms with van der Waals surface area (Å²) in [6, 6.07) is 0. The lowest BCUT2D eigenvalue weighted by Gasteiger charge is -2.34. The summed E-state index contributed by atoms with van der Waals surface area (Å²) in [5, 5.41) is 18.8. The van der Waals surface area contributed by atoms with E-state index in [0.717, 1.165) is 25.9 Å². The molecule has 2 fully saturated rings. The Balaban J connectivity index is 1.76. The summed E-state index contributed by atoms with van der Waals surface area (Å²) in [6.45, 7) is 3.71. The molecule has 1 saturated carbocycles. The molecule has 0 bridgehead atoms. The third-order valence-corrected chi connectivity index (χ3v) is 4.25. The van der Waals surface area contributed by atoms with Crippen molar-refractivity contribution in [3.8, 4) is 0 Å². The van der Waals surface area contributed by atoms with Crippen LogP contribution in [-0.4, -0.2) is 47.5 Å². The van der Waals surface area contributed by atoms with Gasteiger partial charge in [-0.2, -0.15) is 0 Å². The highest BCUT2D eigenvalue weighted by Gasteiger charge is 2.28. The van der Waals surface area contributed by atoms with Gasteiger partial charge in [-0.05, 0) is 50.5 Å². The molecular formula is C13H25NO2. The van der Waals surface area contributed by atoms with Crippen LogP contribution in [0.15, 0.2) is 0 Å². The van der Waals surface area contributed by atoms with Gasteiger partial charge in [-0.25, -0.2) is 0 Å². The van der Waals surface area contributed by atoms with Crippen molar-refractivity contribution in [1.82, 2.24) is 4.90 Å². The van der Waals surface area contributed by atoms with E-state index < -0.39 is 0 Å². The third-order valence-electron chi connectivity index (χ3n) is 4.25. The Bertz CT molecular complexity index is 208.